The Morgan fingerprint density at radius 1 is 1.29 bits per heavy atom. The number of rotatable bonds is 2. The van der Waals surface area contributed by atoms with Gasteiger partial charge in [0.05, 0.1) is 16.9 Å². The minimum absolute atomic E-state index is 0.224. The van der Waals surface area contributed by atoms with E-state index in [1.54, 1.807) is 6.92 Å². The molecule has 0 amide bonds. The number of halogens is 2. The van der Waals surface area contributed by atoms with Crippen molar-refractivity contribution in [2.24, 2.45) is 0 Å². The molecule has 3 aromatic rings. The average molecular weight is 290 g/mol. The van der Waals surface area contributed by atoms with Gasteiger partial charge in [-0.15, -0.1) is 0 Å². The normalized spacial score (nSPS) is 12.8. The molecule has 7 heteroatoms. The van der Waals surface area contributed by atoms with E-state index in [4.69, 9.17) is 5.73 Å². The van der Waals surface area contributed by atoms with Crippen LogP contribution in [-0.4, -0.2) is 20.1 Å². The molecule has 1 atom stereocenters. The lowest BCUT2D eigenvalue weighted by Crippen LogP contribution is -2.08. The number of aromatic nitrogens is 3. The summed E-state index contributed by atoms with van der Waals surface area (Å²) in [5.74, 6) is -1.83. The lowest BCUT2D eigenvalue weighted by Gasteiger charge is -2.14. The largest absolute Gasteiger partial charge is 0.396 e. The number of H-pyrrole nitrogens is 1. The van der Waals surface area contributed by atoms with Gasteiger partial charge in [0.25, 0.3) is 0 Å². The molecule has 0 aliphatic heterocycles. The first-order chi connectivity index (χ1) is 10.0. The van der Waals surface area contributed by atoms with Gasteiger partial charge in [0.15, 0.2) is 5.82 Å². The number of hydrogen-bond acceptors (Lipinski definition) is 4. The van der Waals surface area contributed by atoms with E-state index < -0.39 is 23.3 Å². The molecule has 4 N–H and O–H groups in total. The van der Waals surface area contributed by atoms with E-state index >= 15 is 0 Å². The Hall–Kier alpha value is -2.54. The summed E-state index contributed by atoms with van der Waals surface area (Å²) in [5.41, 5.74) is 6.11. The van der Waals surface area contributed by atoms with Crippen molar-refractivity contribution in [1.29, 1.82) is 0 Å². The molecule has 2 heterocycles. The summed E-state index contributed by atoms with van der Waals surface area (Å²) in [7, 11) is 0. The highest BCUT2D eigenvalue weighted by Crippen LogP contribution is 2.33. The number of nitrogens with one attached hydrogen (secondary N) is 1. The number of nitrogens with two attached hydrogens (primary N) is 1. The molecule has 3 rings (SSSR count). The zero-order valence-corrected chi connectivity index (χ0v) is 11.1. The number of aliphatic hydroxyl groups excluding tert-OH is 1. The highest BCUT2D eigenvalue weighted by atomic mass is 19.1. The molecule has 2 aromatic heterocycles. The van der Waals surface area contributed by atoms with Crippen LogP contribution in [0.15, 0.2) is 24.7 Å². The van der Waals surface area contributed by atoms with Crippen molar-refractivity contribution in [2.75, 3.05) is 5.73 Å². The van der Waals surface area contributed by atoms with E-state index in [1.807, 2.05) is 0 Å². The first-order valence-corrected chi connectivity index (χ1v) is 6.20. The van der Waals surface area contributed by atoms with Crippen LogP contribution in [0.3, 0.4) is 0 Å². The molecule has 5 nitrogen and oxygen atoms in total. The monoisotopic (exact) mass is 290 g/mol. The molecular weight excluding hydrogens is 278 g/mol. The van der Waals surface area contributed by atoms with Gasteiger partial charge < -0.3 is 15.8 Å². The standard InChI is InChI=1S/C14H12F2N4O/c1-6-10-7(4-18-14(10)20-5-19-6)13(21)11-8(15)2-3-9(17)12(11)16/h2-5,13,21H,17H2,1H3,(H,18,19,20). The number of aryl methyl sites for hydroxylation is 1. The van der Waals surface area contributed by atoms with Gasteiger partial charge in [-0.3, -0.25) is 0 Å². The Morgan fingerprint density at radius 3 is 2.81 bits per heavy atom. The van der Waals surface area contributed by atoms with E-state index in [9.17, 15) is 13.9 Å². The molecule has 108 valence electrons. The van der Waals surface area contributed by atoms with E-state index in [0.717, 1.165) is 12.1 Å². The van der Waals surface area contributed by atoms with Crippen LogP contribution in [-0.2, 0) is 0 Å². The zero-order chi connectivity index (χ0) is 15.1. The van der Waals surface area contributed by atoms with Crippen LogP contribution in [0.25, 0.3) is 11.0 Å². The summed E-state index contributed by atoms with van der Waals surface area (Å²) in [6.45, 7) is 1.72. The molecule has 0 fully saturated rings. The van der Waals surface area contributed by atoms with Crippen molar-refractivity contribution in [3.63, 3.8) is 0 Å². The summed E-state index contributed by atoms with van der Waals surface area (Å²) in [5, 5.41) is 10.9. The van der Waals surface area contributed by atoms with Gasteiger partial charge in [0, 0.05) is 17.1 Å². The zero-order valence-electron chi connectivity index (χ0n) is 11.1. The van der Waals surface area contributed by atoms with Crippen LogP contribution in [0, 0.1) is 18.6 Å². The second kappa shape index (κ2) is 4.78. The SMILES string of the molecule is Cc1ncnc2[nH]cc(C(O)c3c(F)ccc(N)c3F)c12. The van der Waals surface area contributed by atoms with Crippen LogP contribution < -0.4 is 5.73 Å². The summed E-state index contributed by atoms with van der Waals surface area (Å²) in [4.78, 5) is 10.9. The average Bonchev–Trinajstić information content (AvgIpc) is 2.88. The number of aliphatic hydroxyl groups is 1. The topological polar surface area (TPSA) is 87.8 Å². The molecule has 0 aliphatic carbocycles. The van der Waals surface area contributed by atoms with Crippen molar-refractivity contribution < 1.29 is 13.9 Å². The maximum atomic E-state index is 14.0. The van der Waals surface area contributed by atoms with E-state index in [-0.39, 0.29) is 5.69 Å². The Balaban J connectivity index is 2.22. The molecule has 0 saturated carbocycles. The number of benzene rings is 1. The second-order valence-electron chi connectivity index (χ2n) is 4.69. The van der Waals surface area contributed by atoms with Gasteiger partial charge in [-0.05, 0) is 19.1 Å². The number of anilines is 1. The highest BCUT2D eigenvalue weighted by Gasteiger charge is 2.24. The van der Waals surface area contributed by atoms with Gasteiger partial charge in [0.2, 0.25) is 0 Å². The molecule has 0 spiro atoms. The first kappa shape index (κ1) is 13.4. The summed E-state index contributed by atoms with van der Waals surface area (Å²) in [6.07, 6.45) is 1.32. The highest BCUT2D eigenvalue weighted by molar-refractivity contribution is 5.82. The number of fused-ring (bicyclic) bond motifs is 1. The van der Waals surface area contributed by atoms with Crippen molar-refractivity contribution in [1.82, 2.24) is 15.0 Å². The third-order valence-electron chi connectivity index (χ3n) is 3.41. The number of hydrogen-bond donors (Lipinski definition) is 3. The fourth-order valence-corrected chi connectivity index (χ4v) is 2.36. The second-order valence-corrected chi connectivity index (χ2v) is 4.69. The Labute approximate surface area is 118 Å². The Bertz CT molecular complexity index is 831. The molecule has 0 radical (unpaired) electrons. The minimum Gasteiger partial charge on any atom is -0.396 e. The molecule has 1 aromatic carbocycles. The maximum absolute atomic E-state index is 14.0. The van der Waals surface area contributed by atoms with Crippen molar-refractivity contribution in [2.45, 2.75) is 13.0 Å². The number of nitrogen functional groups attached to an aromatic ring is 1. The van der Waals surface area contributed by atoms with Crippen LogP contribution >= 0.6 is 0 Å². The van der Waals surface area contributed by atoms with Gasteiger partial charge in [0.1, 0.15) is 23.9 Å². The quantitative estimate of drug-likeness (QED) is 0.631. The van der Waals surface area contributed by atoms with Crippen molar-refractivity contribution >= 4 is 16.7 Å². The van der Waals surface area contributed by atoms with Gasteiger partial charge >= 0.3 is 0 Å². The van der Waals surface area contributed by atoms with E-state index in [0.29, 0.717) is 22.3 Å². The van der Waals surface area contributed by atoms with Gasteiger partial charge in [-0.2, -0.15) is 0 Å². The predicted octanol–water partition coefficient (Wildman–Crippen LogP) is 2.21. The summed E-state index contributed by atoms with van der Waals surface area (Å²) in [6, 6.07) is 2.14. The third kappa shape index (κ3) is 2.02. The third-order valence-corrected chi connectivity index (χ3v) is 3.41. The van der Waals surface area contributed by atoms with Crippen molar-refractivity contribution in [3.05, 3.63) is 53.1 Å². The smallest absolute Gasteiger partial charge is 0.155 e. The number of nitrogens with zero attached hydrogens (tertiary/aromatic N) is 2. The molecule has 0 saturated heterocycles. The van der Waals surface area contributed by atoms with Crippen LogP contribution in [0.2, 0.25) is 0 Å². The minimum atomic E-state index is -1.51. The molecule has 0 aliphatic rings. The maximum Gasteiger partial charge on any atom is 0.155 e. The lowest BCUT2D eigenvalue weighted by molar-refractivity contribution is 0.210. The van der Waals surface area contributed by atoms with Crippen molar-refractivity contribution in [3.8, 4) is 0 Å². The molecule has 1 unspecified atom stereocenters. The number of aromatic amines is 1. The Kier molecular flexibility index (Phi) is 3.06. The summed E-state index contributed by atoms with van der Waals surface area (Å²) < 4.78 is 27.9. The van der Waals surface area contributed by atoms with Crippen LogP contribution in [0.5, 0.6) is 0 Å². The first-order valence-electron chi connectivity index (χ1n) is 6.20. The lowest BCUT2D eigenvalue weighted by atomic mass is 9.99. The fourth-order valence-electron chi connectivity index (χ4n) is 2.36. The fraction of sp³-hybridized carbons (Fsp3) is 0.143. The molecule has 0 bridgehead atoms. The summed E-state index contributed by atoms with van der Waals surface area (Å²) >= 11 is 0. The molecular formula is C14H12F2N4O. The van der Waals surface area contributed by atoms with Gasteiger partial charge in [-0.1, -0.05) is 0 Å². The van der Waals surface area contributed by atoms with E-state index in [2.05, 4.69) is 15.0 Å². The predicted molar refractivity (Wildman–Crippen MR) is 73.5 cm³/mol. The van der Waals surface area contributed by atoms with Gasteiger partial charge in [-0.25, -0.2) is 18.7 Å². The Morgan fingerprint density at radius 2 is 2.05 bits per heavy atom. The van der Waals surface area contributed by atoms with Crippen LogP contribution in [0.1, 0.15) is 22.9 Å². The van der Waals surface area contributed by atoms with Crippen LogP contribution in [0.4, 0.5) is 14.5 Å². The van der Waals surface area contributed by atoms with E-state index in [1.165, 1.54) is 12.5 Å². The molecule has 21 heavy (non-hydrogen) atoms.